The molecule has 1 aromatic heterocycles. The first-order valence-electron chi connectivity index (χ1n) is 4.93. The van der Waals surface area contributed by atoms with Gasteiger partial charge in [0, 0.05) is 18.5 Å². The molecule has 1 atom stereocenters. The van der Waals surface area contributed by atoms with Crippen LogP contribution in [0.2, 0.25) is 0 Å². The molecule has 0 aromatic carbocycles. The number of aromatic nitrogens is 2. The first-order chi connectivity index (χ1) is 6.46. The second kappa shape index (κ2) is 3.07. The van der Waals surface area contributed by atoms with Crippen LogP contribution in [0, 0.1) is 6.92 Å². The van der Waals surface area contributed by atoms with E-state index in [1.165, 1.54) is 5.69 Å². The normalized spacial score (nSPS) is 20.9. The highest BCUT2D eigenvalue weighted by molar-refractivity contribution is 9.10. The van der Waals surface area contributed by atoms with E-state index < -0.39 is 0 Å². The van der Waals surface area contributed by atoms with Crippen molar-refractivity contribution in [3.63, 3.8) is 0 Å². The highest BCUT2D eigenvalue weighted by Crippen LogP contribution is 2.46. The van der Waals surface area contributed by atoms with Gasteiger partial charge in [-0.25, -0.2) is 0 Å². The molecular formula is C10H16BrN3. The predicted molar refractivity (Wildman–Crippen MR) is 60.2 cm³/mol. The minimum atomic E-state index is 0.0166. The Kier molecular flexibility index (Phi) is 2.23. The van der Waals surface area contributed by atoms with Crippen LogP contribution >= 0.6 is 15.9 Å². The highest BCUT2D eigenvalue weighted by atomic mass is 79.9. The lowest BCUT2D eigenvalue weighted by atomic mass is 9.96. The van der Waals surface area contributed by atoms with E-state index in [4.69, 9.17) is 5.73 Å². The Labute approximate surface area is 92.8 Å². The molecule has 1 aromatic rings. The topological polar surface area (TPSA) is 43.8 Å². The van der Waals surface area contributed by atoms with Crippen molar-refractivity contribution < 1.29 is 0 Å². The Morgan fingerprint density at radius 2 is 2.14 bits per heavy atom. The fourth-order valence-electron chi connectivity index (χ4n) is 1.97. The molecule has 1 heterocycles. The predicted octanol–water partition coefficient (Wildman–Crippen LogP) is 2.09. The second-order valence-corrected chi connectivity index (χ2v) is 5.16. The molecule has 0 bridgehead atoms. The van der Waals surface area contributed by atoms with Crippen LogP contribution in [0.3, 0.4) is 0 Å². The Hall–Kier alpha value is -0.350. The number of aryl methyl sites for hydroxylation is 2. The summed E-state index contributed by atoms with van der Waals surface area (Å²) in [5.41, 5.74) is 8.49. The Balaban J connectivity index is 2.40. The maximum atomic E-state index is 6.21. The lowest BCUT2D eigenvalue weighted by Gasteiger charge is -2.19. The molecule has 1 aliphatic rings. The van der Waals surface area contributed by atoms with Crippen LogP contribution in [0.15, 0.2) is 4.47 Å². The van der Waals surface area contributed by atoms with Crippen LogP contribution in [0.25, 0.3) is 0 Å². The second-order valence-electron chi connectivity index (χ2n) is 4.36. The van der Waals surface area contributed by atoms with E-state index in [-0.39, 0.29) is 5.54 Å². The van der Waals surface area contributed by atoms with Crippen LogP contribution in [-0.2, 0) is 7.05 Å². The standard InChI is InChI=1S/C10H16BrN3/c1-6(10(12)4-5-10)9-8(11)7(2)13-14(9)3/h6H,4-5,12H2,1-3H3. The van der Waals surface area contributed by atoms with Gasteiger partial charge >= 0.3 is 0 Å². The maximum Gasteiger partial charge on any atom is 0.0738 e. The summed E-state index contributed by atoms with van der Waals surface area (Å²) >= 11 is 3.58. The summed E-state index contributed by atoms with van der Waals surface area (Å²) in [6.07, 6.45) is 2.26. The zero-order chi connectivity index (χ0) is 10.5. The Bertz CT molecular complexity index is 366. The fraction of sp³-hybridized carbons (Fsp3) is 0.700. The van der Waals surface area contributed by atoms with E-state index in [1.54, 1.807) is 0 Å². The average molecular weight is 258 g/mol. The largest absolute Gasteiger partial charge is 0.325 e. The highest BCUT2D eigenvalue weighted by Gasteiger charge is 2.45. The minimum Gasteiger partial charge on any atom is -0.325 e. The monoisotopic (exact) mass is 257 g/mol. The molecule has 1 fully saturated rings. The third kappa shape index (κ3) is 1.41. The van der Waals surface area contributed by atoms with Gasteiger partial charge in [0.2, 0.25) is 0 Å². The molecule has 4 heteroatoms. The molecule has 2 N–H and O–H groups in total. The molecule has 0 amide bonds. The van der Waals surface area contributed by atoms with Gasteiger partial charge < -0.3 is 5.73 Å². The quantitative estimate of drug-likeness (QED) is 0.882. The summed E-state index contributed by atoms with van der Waals surface area (Å²) in [5, 5.41) is 4.39. The summed E-state index contributed by atoms with van der Waals surface area (Å²) in [6.45, 7) is 4.20. The van der Waals surface area contributed by atoms with E-state index in [0.717, 1.165) is 23.0 Å². The molecule has 0 spiro atoms. The molecule has 0 saturated heterocycles. The maximum absolute atomic E-state index is 6.21. The van der Waals surface area contributed by atoms with Gasteiger partial charge in [0.25, 0.3) is 0 Å². The van der Waals surface area contributed by atoms with Crippen LogP contribution in [0.5, 0.6) is 0 Å². The van der Waals surface area contributed by atoms with Crippen molar-refractivity contribution in [2.75, 3.05) is 0 Å². The van der Waals surface area contributed by atoms with Crippen LogP contribution in [0.4, 0.5) is 0 Å². The molecule has 3 nitrogen and oxygen atoms in total. The average Bonchev–Trinajstić information content (AvgIpc) is 2.79. The number of hydrogen-bond donors (Lipinski definition) is 1. The molecule has 1 aliphatic carbocycles. The third-order valence-electron chi connectivity index (χ3n) is 3.29. The zero-order valence-corrected chi connectivity index (χ0v) is 10.4. The first-order valence-corrected chi connectivity index (χ1v) is 5.73. The van der Waals surface area contributed by atoms with Crippen LogP contribution < -0.4 is 5.73 Å². The first kappa shape index (κ1) is 10.2. The summed E-state index contributed by atoms with van der Waals surface area (Å²) in [6, 6.07) is 0. The molecule has 14 heavy (non-hydrogen) atoms. The van der Waals surface area contributed by atoms with E-state index in [0.29, 0.717) is 5.92 Å². The molecule has 0 aliphatic heterocycles. The Morgan fingerprint density at radius 1 is 1.57 bits per heavy atom. The lowest BCUT2D eigenvalue weighted by molar-refractivity contribution is 0.515. The van der Waals surface area contributed by atoms with Gasteiger partial charge in [-0.1, -0.05) is 6.92 Å². The molecule has 1 saturated carbocycles. The van der Waals surface area contributed by atoms with Gasteiger partial charge in [-0.05, 0) is 35.7 Å². The van der Waals surface area contributed by atoms with Crippen molar-refractivity contribution in [3.8, 4) is 0 Å². The van der Waals surface area contributed by atoms with Crippen molar-refractivity contribution >= 4 is 15.9 Å². The lowest BCUT2D eigenvalue weighted by Crippen LogP contribution is -2.30. The van der Waals surface area contributed by atoms with E-state index in [1.807, 2.05) is 18.7 Å². The number of nitrogens with two attached hydrogens (primary N) is 1. The van der Waals surface area contributed by atoms with Gasteiger partial charge in [0.1, 0.15) is 0 Å². The summed E-state index contributed by atoms with van der Waals surface area (Å²) in [7, 11) is 1.98. The van der Waals surface area contributed by atoms with Gasteiger partial charge in [0.05, 0.1) is 15.9 Å². The minimum absolute atomic E-state index is 0.0166. The smallest absolute Gasteiger partial charge is 0.0738 e. The molecule has 0 radical (unpaired) electrons. The van der Waals surface area contributed by atoms with Gasteiger partial charge in [-0.3, -0.25) is 4.68 Å². The SMILES string of the molecule is Cc1nn(C)c(C(C)C2(N)CC2)c1Br. The number of halogens is 1. The van der Waals surface area contributed by atoms with E-state index in [9.17, 15) is 0 Å². The van der Waals surface area contributed by atoms with Crippen molar-refractivity contribution in [1.29, 1.82) is 0 Å². The molecular weight excluding hydrogens is 242 g/mol. The van der Waals surface area contributed by atoms with Crippen molar-refractivity contribution in [3.05, 3.63) is 15.9 Å². The van der Waals surface area contributed by atoms with E-state index in [2.05, 4.69) is 28.0 Å². The van der Waals surface area contributed by atoms with Gasteiger partial charge in [-0.2, -0.15) is 5.10 Å². The van der Waals surface area contributed by atoms with Crippen molar-refractivity contribution in [2.24, 2.45) is 12.8 Å². The van der Waals surface area contributed by atoms with Crippen LogP contribution in [-0.4, -0.2) is 15.3 Å². The zero-order valence-electron chi connectivity index (χ0n) is 8.84. The third-order valence-corrected chi connectivity index (χ3v) is 4.27. The Morgan fingerprint density at radius 3 is 2.50 bits per heavy atom. The van der Waals surface area contributed by atoms with Crippen molar-refractivity contribution in [2.45, 2.75) is 38.1 Å². The van der Waals surface area contributed by atoms with Gasteiger partial charge in [0.15, 0.2) is 0 Å². The molecule has 2 rings (SSSR count). The number of nitrogens with zero attached hydrogens (tertiary/aromatic N) is 2. The van der Waals surface area contributed by atoms with Crippen LogP contribution in [0.1, 0.15) is 37.1 Å². The summed E-state index contributed by atoms with van der Waals surface area (Å²) in [5.74, 6) is 0.378. The molecule has 78 valence electrons. The molecule has 1 unspecified atom stereocenters. The van der Waals surface area contributed by atoms with E-state index >= 15 is 0 Å². The number of rotatable bonds is 2. The summed E-state index contributed by atoms with van der Waals surface area (Å²) in [4.78, 5) is 0. The van der Waals surface area contributed by atoms with Crippen molar-refractivity contribution in [1.82, 2.24) is 9.78 Å². The van der Waals surface area contributed by atoms with Gasteiger partial charge in [-0.15, -0.1) is 0 Å². The number of hydrogen-bond acceptors (Lipinski definition) is 2. The fourth-order valence-corrected chi connectivity index (χ4v) is 2.65. The summed E-state index contributed by atoms with van der Waals surface area (Å²) < 4.78 is 3.06.